The molecule has 2 unspecified atom stereocenters. The summed E-state index contributed by atoms with van der Waals surface area (Å²) in [5, 5.41) is 0. The number of nitrogens with two attached hydrogens (primary N) is 2. The average Bonchev–Trinajstić information content (AvgIpc) is 2.50. The van der Waals surface area contributed by atoms with Crippen molar-refractivity contribution in [3.63, 3.8) is 0 Å². The van der Waals surface area contributed by atoms with Crippen molar-refractivity contribution in [2.75, 3.05) is 0 Å². The Morgan fingerprint density at radius 3 is 1.83 bits per heavy atom. The van der Waals surface area contributed by atoms with Crippen LogP contribution < -0.4 is 11.5 Å². The molecule has 0 aromatic heterocycles. The maximum absolute atomic E-state index is 11.2. The summed E-state index contributed by atoms with van der Waals surface area (Å²) in [5.74, 6) is -0.412. The summed E-state index contributed by atoms with van der Waals surface area (Å²) in [6, 6.07) is -0.127. The number of unbranched alkanes of at least 4 members (excludes halogenated alkanes) is 10. The van der Waals surface area contributed by atoms with Gasteiger partial charge in [0.15, 0.2) is 0 Å². The maximum Gasteiger partial charge on any atom is 0.222 e. The van der Waals surface area contributed by atoms with E-state index < -0.39 is 0 Å². The third kappa shape index (κ3) is 14.5. The van der Waals surface area contributed by atoms with Crippen molar-refractivity contribution in [1.82, 2.24) is 0 Å². The van der Waals surface area contributed by atoms with Gasteiger partial charge in [-0.25, -0.2) is 0 Å². The Morgan fingerprint density at radius 2 is 1.35 bits per heavy atom. The Bertz CT molecular complexity index is 300. The fourth-order valence-electron chi connectivity index (χ4n) is 2.92. The Morgan fingerprint density at radius 1 is 0.870 bits per heavy atom. The van der Waals surface area contributed by atoms with Crippen molar-refractivity contribution < 1.29 is 4.79 Å². The van der Waals surface area contributed by atoms with Gasteiger partial charge in [-0.2, -0.15) is 0 Å². The van der Waals surface area contributed by atoms with Gasteiger partial charge in [0.05, 0.1) is 5.92 Å². The number of amides is 1. The summed E-state index contributed by atoms with van der Waals surface area (Å²) in [4.78, 5) is 11.2. The number of rotatable bonds is 16. The van der Waals surface area contributed by atoms with E-state index in [1.54, 1.807) is 0 Å². The highest BCUT2D eigenvalue weighted by Crippen LogP contribution is 2.14. The van der Waals surface area contributed by atoms with E-state index in [2.05, 4.69) is 19.1 Å². The number of hydrogen-bond acceptors (Lipinski definition) is 2. The highest BCUT2D eigenvalue weighted by molar-refractivity contribution is 5.77. The zero-order valence-electron chi connectivity index (χ0n) is 15.6. The number of carbonyl (C=O) groups is 1. The third-order valence-corrected chi connectivity index (χ3v) is 4.53. The molecule has 0 aliphatic rings. The van der Waals surface area contributed by atoms with Crippen molar-refractivity contribution >= 4 is 5.91 Å². The first-order chi connectivity index (χ1) is 11.1. The molecule has 3 heteroatoms. The van der Waals surface area contributed by atoms with Crippen molar-refractivity contribution in [3.05, 3.63) is 12.2 Å². The quantitative estimate of drug-likeness (QED) is 0.307. The Hall–Kier alpha value is -0.830. The Kier molecular flexibility index (Phi) is 15.5. The molecule has 1 amide bonds. The lowest BCUT2D eigenvalue weighted by atomic mass is 9.94. The van der Waals surface area contributed by atoms with Crippen LogP contribution in [0.15, 0.2) is 12.2 Å². The van der Waals surface area contributed by atoms with Crippen LogP contribution in [0.1, 0.15) is 97.3 Å². The third-order valence-electron chi connectivity index (χ3n) is 4.53. The molecule has 0 aromatic carbocycles. The zero-order chi connectivity index (χ0) is 17.3. The minimum Gasteiger partial charge on any atom is -0.369 e. The van der Waals surface area contributed by atoms with E-state index in [1.165, 1.54) is 70.6 Å². The van der Waals surface area contributed by atoms with Gasteiger partial charge in [0.2, 0.25) is 5.91 Å². The summed E-state index contributed by atoms with van der Waals surface area (Å²) >= 11 is 0. The summed E-state index contributed by atoms with van der Waals surface area (Å²) in [7, 11) is 0. The first-order valence-electron chi connectivity index (χ1n) is 9.79. The van der Waals surface area contributed by atoms with E-state index in [1.807, 2.05) is 6.92 Å². The predicted octanol–water partition coefficient (Wildman–Crippen LogP) is 5.08. The van der Waals surface area contributed by atoms with Gasteiger partial charge < -0.3 is 11.5 Å². The first kappa shape index (κ1) is 22.2. The van der Waals surface area contributed by atoms with Gasteiger partial charge in [-0.05, 0) is 39.0 Å². The van der Waals surface area contributed by atoms with Crippen molar-refractivity contribution in [2.24, 2.45) is 17.4 Å². The highest BCUT2D eigenvalue weighted by Gasteiger charge is 2.18. The molecular weight excluding hydrogens is 284 g/mol. The maximum atomic E-state index is 11.2. The normalized spacial score (nSPS) is 14.2. The number of carbonyl (C=O) groups excluding carboxylic acids is 1. The summed E-state index contributed by atoms with van der Waals surface area (Å²) < 4.78 is 0. The molecule has 0 aromatic rings. The largest absolute Gasteiger partial charge is 0.369 e. The van der Waals surface area contributed by atoms with E-state index >= 15 is 0 Å². The second kappa shape index (κ2) is 16.0. The molecule has 0 aliphatic carbocycles. The van der Waals surface area contributed by atoms with Crippen LogP contribution in [0.25, 0.3) is 0 Å². The average molecular weight is 325 g/mol. The number of hydrogen-bond donors (Lipinski definition) is 2. The molecule has 2 atom stereocenters. The molecule has 0 bridgehead atoms. The van der Waals surface area contributed by atoms with Crippen LogP contribution >= 0.6 is 0 Å². The van der Waals surface area contributed by atoms with Gasteiger partial charge in [0.1, 0.15) is 0 Å². The van der Waals surface area contributed by atoms with Gasteiger partial charge in [0.25, 0.3) is 0 Å². The highest BCUT2D eigenvalue weighted by atomic mass is 16.1. The second-order valence-electron chi connectivity index (χ2n) is 6.89. The fourth-order valence-corrected chi connectivity index (χ4v) is 2.92. The van der Waals surface area contributed by atoms with Gasteiger partial charge in [-0.1, -0.05) is 70.4 Å². The lowest BCUT2D eigenvalue weighted by Crippen LogP contribution is -2.37. The van der Waals surface area contributed by atoms with Crippen LogP contribution in [-0.4, -0.2) is 11.9 Å². The molecule has 0 spiro atoms. The van der Waals surface area contributed by atoms with Crippen molar-refractivity contribution in [2.45, 2.75) is 103 Å². The number of primary amides is 1. The molecule has 0 saturated carbocycles. The minimum atomic E-state index is -0.252. The van der Waals surface area contributed by atoms with E-state index in [9.17, 15) is 4.79 Å². The van der Waals surface area contributed by atoms with Crippen LogP contribution in [0.4, 0.5) is 0 Å². The fraction of sp³-hybridized carbons (Fsp3) is 0.850. The molecule has 23 heavy (non-hydrogen) atoms. The van der Waals surface area contributed by atoms with Crippen LogP contribution in [0.2, 0.25) is 0 Å². The summed E-state index contributed by atoms with van der Waals surface area (Å²) in [6.07, 6.45) is 20.9. The molecule has 0 aliphatic heterocycles. The van der Waals surface area contributed by atoms with Gasteiger partial charge in [-0.15, -0.1) is 0 Å². The lowest BCUT2D eigenvalue weighted by Gasteiger charge is -2.16. The van der Waals surface area contributed by atoms with E-state index in [0.717, 1.165) is 12.8 Å². The standard InChI is InChI=1S/C20H40N2O/c1-3-4-5-6-7-8-9-10-11-12-13-14-15-16-17-19(18(2)21)20(22)23/h10-11,18-19H,3-9,12-17,21H2,1-2H3,(H2,22,23)/b11-10-. The topological polar surface area (TPSA) is 69.1 Å². The molecule has 4 N–H and O–H groups in total. The van der Waals surface area contributed by atoms with Crippen molar-refractivity contribution in [1.29, 1.82) is 0 Å². The predicted molar refractivity (Wildman–Crippen MR) is 101 cm³/mol. The Labute approximate surface area is 144 Å². The smallest absolute Gasteiger partial charge is 0.222 e. The summed E-state index contributed by atoms with van der Waals surface area (Å²) in [5.41, 5.74) is 11.1. The van der Waals surface area contributed by atoms with E-state index in [0.29, 0.717) is 0 Å². The molecule has 3 nitrogen and oxygen atoms in total. The van der Waals surface area contributed by atoms with Crippen molar-refractivity contribution in [3.8, 4) is 0 Å². The van der Waals surface area contributed by atoms with Crippen LogP contribution in [0.3, 0.4) is 0 Å². The van der Waals surface area contributed by atoms with Gasteiger partial charge in [-0.3, -0.25) is 4.79 Å². The first-order valence-corrected chi connectivity index (χ1v) is 9.79. The monoisotopic (exact) mass is 324 g/mol. The zero-order valence-corrected chi connectivity index (χ0v) is 15.6. The lowest BCUT2D eigenvalue weighted by molar-refractivity contribution is -0.122. The SMILES string of the molecule is CCCCCCCC/C=C\CCCCCCC(C(N)=O)C(C)N. The number of allylic oxidation sites excluding steroid dienone is 2. The summed E-state index contributed by atoms with van der Waals surface area (Å²) in [6.45, 7) is 4.13. The van der Waals surface area contributed by atoms with E-state index in [-0.39, 0.29) is 17.9 Å². The molecular formula is C20H40N2O. The molecule has 0 rings (SSSR count). The van der Waals surface area contributed by atoms with Crippen LogP contribution in [0.5, 0.6) is 0 Å². The Balaban J connectivity index is 3.35. The van der Waals surface area contributed by atoms with Crippen LogP contribution in [-0.2, 0) is 4.79 Å². The van der Waals surface area contributed by atoms with Gasteiger partial charge >= 0.3 is 0 Å². The molecule has 0 fully saturated rings. The molecule has 136 valence electrons. The van der Waals surface area contributed by atoms with Gasteiger partial charge in [0, 0.05) is 6.04 Å². The second-order valence-corrected chi connectivity index (χ2v) is 6.89. The minimum absolute atomic E-state index is 0.127. The molecule has 0 radical (unpaired) electrons. The van der Waals surface area contributed by atoms with E-state index in [4.69, 9.17) is 11.5 Å². The molecule has 0 heterocycles. The molecule has 0 saturated heterocycles. The van der Waals surface area contributed by atoms with Crippen LogP contribution in [0, 0.1) is 5.92 Å².